The maximum atomic E-state index is 13.3. The van der Waals surface area contributed by atoms with Gasteiger partial charge >= 0.3 is 0 Å². The first-order chi connectivity index (χ1) is 14.1. The largest absolute Gasteiger partial charge is 0.495 e. The molecule has 29 heavy (non-hydrogen) atoms. The monoisotopic (exact) mass is 416 g/mol. The zero-order valence-corrected chi connectivity index (χ0v) is 17.6. The molecule has 1 saturated heterocycles. The van der Waals surface area contributed by atoms with Gasteiger partial charge in [0.15, 0.2) is 10.8 Å². The fraction of sp³-hybridized carbons (Fsp3) is 0.450. The standard InChI is InChI=1S/C20H24N4O4S/c1-4-23-10-9-14(22-23)19(25)24(12-13-6-5-11-28-13)20-21-17-15(26-2)7-8-16(27-3)18(17)29-20/h7-10,13H,4-6,11-12H2,1-3H3. The summed E-state index contributed by atoms with van der Waals surface area (Å²) in [5.74, 6) is 1.15. The van der Waals surface area contributed by atoms with E-state index in [0.717, 1.165) is 24.1 Å². The third kappa shape index (κ3) is 3.79. The number of fused-ring (bicyclic) bond motifs is 1. The molecule has 1 aliphatic heterocycles. The van der Waals surface area contributed by atoms with E-state index in [1.165, 1.54) is 11.3 Å². The molecule has 9 heteroatoms. The summed E-state index contributed by atoms with van der Waals surface area (Å²) in [5.41, 5.74) is 1.07. The summed E-state index contributed by atoms with van der Waals surface area (Å²) >= 11 is 1.40. The van der Waals surface area contributed by atoms with Gasteiger partial charge in [-0.15, -0.1) is 0 Å². The van der Waals surface area contributed by atoms with Crippen LogP contribution in [0, 0.1) is 0 Å². The molecule has 1 aliphatic rings. The molecule has 1 amide bonds. The van der Waals surface area contributed by atoms with E-state index in [2.05, 4.69) is 5.10 Å². The maximum Gasteiger partial charge on any atom is 0.280 e. The Morgan fingerprint density at radius 2 is 2.10 bits per heavy atom. The summed E-state index contributed by atoms with van der Waals surface area (Å²) in [6.45, 7) is 3.84. The van der Waals surface area contributed by atoms with Crippen LogP contribution in [0.2, 0.25) is 0 Å². The van der Waals surface area contributed by atoms with E-state index in [9.17, 15) is 4.79 Å². The van der Waals surface area contributed by atoms with Gasteiger partial charge in [0, 0.05) is 19.3 Å². The third-order valence-corrected chi connectivity index (χ3v) is 6.06. The number of hydrogen-bond donors (Lipinski definition) is 0. The highest BCUT2D eigenvalue weighted by Crippen LogP contribution is 2.40. The van der Waals surface area contributed by atoms with Crippen molar-refractivity contribution in [1.82, 2.24) is 14.8 Å². The van der Waals surface area contributed by atoms with Crippen molar-refractivity contribution in [1.29, 1.82) is 0 Å². The van der Waals surface area contributed by atoms with Crippen LogP contribution in [0.5, 0.6) is 11.5 Å². The summed E-state index contributed by atoms with van der Waals surface area (Å²) in [6.07, 6.45) is 3.72. The number of aromatic nitrogens is 3. The van der Waals surface area contributed by atoms with Crippen molar-refractivity contribution in [3.63, 3.8) is 0 Å². The lowest BCUT2D eigenvalue weighted by Crippen LogP contribution is -2.37. The first-order valence-electron chi connectivity index (χ1n) is 9.63. The molecule has 1 aromatic carbocycles. The van der Waals surface area contributed by atoms with Crippen LogP contribution in [-0.4, -0.2) is 54.1 Å². The number of benzene rings is 1. The lowest BCUT2D eigenvalue weighted by atomic mass is 10.2. The van der Waals surface area contributed by atoms with Gasteiger partial charge in [-0.05, 0) is 38.0 Å². The Hall–Kier alpha value is -2.65. The predicted molar refractivity (Wildman–Crippen MR) is 111 cm³/mol. The number of ether oxygens (including phenoxy) is 3. The molecule has 1 unspecified atom stereocenters. The van der Waals surface area contributed by atoms with Gasteiger partial charge in [-0.2, -0.15) is 5.10 Å². The summed E-state index contributed by atoms with van der Waals surface area (Å²) in [6, 6.07) is 5.40. The number of amides is 1. The number of rotatable bonds is 7. The smallest absolute Gasteiger partial charge is 0.280 e. The number of carbonyl (C=O) groups is 1. The summed E-state index contributed by atoms with van der Waals surface area (Å²) in [7, 11) is 3.22. The van der Waals surface area contributed by atoms with Gasteiger partial charge < -0.3 is 14.2 Å². The average molecular weight is 417 g/mol. The number of methoxy groups -OCH3 is 2. The van der Waals surface area contributed by atoms with E-state index >= 15 is 0 Å². The maximum absolute atomic E-state index is 13.3. The number of anilines is 1. The van der Waals surface area contributed by atoms with E-state index in [1.807, 2.05) is 25.3 Å². The first kappa shape index (κ1) is 19.7. The van der Waals surface area contributed by atoms with Crippen molar-refractivity contribution in [2.75, 3.05) is 32.3 Å². The lowest BCUT2D eigenvalue weighted by Gasteiger charge is -2.22. The van der Waals surface area contributed by atoms with Gasteiger partial charge in [0.2, 0.25) is 0 Å². The van der Waals surface area contributed by atoms with Crippen LogP contribution in [0.1, 0.15) is 30.3 Å². The van der Waals surface area contributed by atoms with E-state index < -0.39 is 0 Å². The molecule has 0 radical (unpaired) electrons. The predicted octanol–water partition coefficient (Wildman–Crippen LogP) is 3.36. The number of carbonyl (C=O) groups excluding carboxylic acids is 1. The van der Waals surface area contributed by atoms with E-state index in [1.54, 1.807) is 29.9 Å². The van der Waals surface area contributed by atoms with E-state index in [0.29, 0.717) is 40.9 Å². The fourth-order valence-electron chi connectivity index (χ4n) is 3.42. The van der Waals surface area contributed by atoms with Gasteiger partial charge in [-0.3, -0.25) is 14.4 Å². The molecule has 2 aromatic heterocycles. The van der Waals surface area contributed by atoms with Crippen molar-refractivity contribution in [2.45, 2.75) is 32.4 Å². The Morgan fingerprint density at radius 1 is 1.31 bits per heavy atom. The van der Waals surface area contributed by atoms with Gasteiger partial charge in [0.25, 0.3) is 5.91 Å². The van der Waals surface area contributed by atoms with Crippen LogP contribution in [0.3, 0.4) is 0 Å². The van der Waals surface area contributed by atoms with Crippen LogP contribution < -0.4 is 14.4 Å². The molecule has 3 heterocycles. The number of aryl methyl sites for hydroxylation is 1. The number of thiazole rings is 1. The minimum atomic E-state index is -0.190. The van der Waals surface area contributed by atoms with Crippen molar-refractivity contribution < 1.29 is 19.0 Å². The molecule has 1 fully saturated rings. The molecule has 0 aliphatic carbocycles. The van der Waals surface area contributed by atoms with E-state index in [-0.39, 0.29) is 12.0 Å². The first-order valence-corrected chi connectivity index (χ1v) is 10.4. The van der Waals surface area contributed by atoms with Crippen molar-refractivity contribution in [3.8, 4) is 11.5 Å². The Bertz CT molecular complexity index is 968. The Morgan fingerprint density at radius 3 is 2.76 bits per heavy atom. The van der Waals surface area contributed by atoms with Gasteiger partial charge in [0.1, 0.15) is 21.7 Å². The normalized spacial score (nSPS) is 16.3. The molecule has 0 N–H and O–H groups in total. The molecule has 4 rings (SSSR count). The van der Waals surface area contributed by atoms with Gasteiger partial charge in [-0.1, -0.05) is 11.3 Å². The molecule has 0 saturated carbocycles. The molecule has 0 spiro atoms. The molecular formula is C20H24N4O4S. The molecular weight excluding hydrogens is 392 g/mol. The minimum absolute atomic E-state index is 0.0111. The molecule has 8 nitrogen and oxygen atoms in total. The number of nitrogens with zero attached hydrogens (tertiary/aromatic N) is 4. The second-order valence-electron chi connectivity index (χ2n) is 6.75. The summed E-state index contributed by atoms with van der Waals surface area (Å²) in [4.78, 5) is 19.8. The van der Waals surface area contributed by atoms with Crippen molar-refractivity contribution in [3.05, 3.63) is 30.1 Å². The fourth-order valence-corrected chi connectivity index (χ4v) is 4.50. The highest BCUT2D eigenvalue weighted by molar-refractivity contribution is 7.22. The van der Waals surface area contributed by atoms with Crippen LogP contribution >= 0.6 is 11.3 Å². The molecule has 0 bridgehead atoms. The highest BCUT2D eigenvalue weighted by atomic mass is 32.1. The molecule has 1 atom stereocenters. The summed E-state index contributed by atoms with van der Waals surface area (Å²) in [5, 5.41) is 4.96. The quantitative estimate of drug-likeness (QED) is 0.588. The second-order valence-corrected chi connectivity index (χ2v) is 7.73. The van der Waals surface area contributed by atoms with E-state index in [4.69, 9.17) is 19.2 Å². The average Bonchev–Trinajstić information content (AvgIpc) is 3.50. The second kappa shape index (κ2) is 8.38. The van der Waals surface area contributed by atoms with Crippen LogP contribution in [0.15, 0.2) is 24.4 Å². The molecule has 3 aromatic rings. The van der Waals surface area contributed by atoms with Crippen LogP contribution in [0.4, 0.5) is 5.13 Å². The van der Waals surface area contributed by atoms with Crippen molar-refractivity contribution >= 4 is 32.6 Å². The zero-order chi connectivity index (χ0) is 20.4. The SMILES string of the molecule is CCn1ccc(C(=O)N(CC2CCCO2)c2nc3c(OC)ccc(OC)c3s2)n1. The zero-order valence-electron chi connectivity index (χ0n) is 16.8. The highest BCUT2D eigenvalue weighted by Gasteiger charge is 2.29. The topological polar surface area (TPSA) is 78.7 Å². The van der Waals surface area contributed by atoms with Crippen molar-refractivity contribution in [2.24, 2.45) is 0 Å². The number of hydrogen-bond acceptors (Lipinski definition) is 7. The molecule has 154 valence electrons. The van der Waals surface area contributed by atoms with Gasteiger partial charge in [-0.25, -0.2) is 4.98 Å². The van der Waals surface area contributed by atoms with Crippen LogP contribution in [0.25, 0.3) is 10.2 Å². The Kier molecular flexibility index (Phi) is 5.68. The minimum Gasteiger partial charge on any atom is -0.495 e. The Balaban J connectivity index is 1.76. The lowest BCUT2D eigenvalue weighted by molar-refractivity contribution is 0.0912. The Labute approximate surface area is 173 Å². The summed E-state index contributed by atoms with van der Waals surface area (Å²) < 4.78 is 19.3. The third-order valence-electron chi connectivity index (χ3n) is 4.97. The van der Waals surface area contributed by atoms with Crippen LogP contribution in [-0.2, 0) is 11.3 Å². The van der Waals surface area contributed by atoms with Gasteiger partial charge in [0.05, 0.1) is 26.9 Å².